The molecule has 3 heterocycles. The maximum Gasteiger partial charge on any atom is 0.250 e. The molecule has 0 saturated heterocycles. The number of anilines is 1. The minimum absolute atomic E-state index is 0.0367. The Kier molecular flexibility index (Phi) is 5.85. The number of pyridine rings is 2. The predicted molar refractivity (Wildman–Crippen MR) is 126 cm³/mol. The van der Waals surface area contributed by atoms with Crippen molar-refractivity contribution in [1.82, 2.24) is 14.1 Å². The van der Waals surface area contributed by atoms with Crippen molar-refractivity contribution in [2.24, 2.45) is 13.0 Å². The van der Waals surface area contributed by atoms with Crippen molar-refractivity contribution in [3.8, 4) is 11.1 Å². The second-order valence-electron chi connectivity index (χ2n) is 9.56. The van der Waals surface area contributed by atoms with Crippen molar-refractivity contribution in [2.75, 3.05) is 11.9 Å². The number of aromatic nitrogens is 3. The average Bonchev–Trinajstić information content (AvgIpc) is 3.50. The Labute approximate surface area is 183 Å². The largest absolute Gasteiger partial charge is 0.361 e. The fourth-order valence-electron chi connectivity index (χ4n) is 3.43. The van der Waals surface area contributed by atoms with E-state index in [0.29, 0.717) is 19.2 Å². The maximum absolute atomic E-state index is 12.2. The van der Waals surface area contributed by atoms with E-state index in [0.717, 1.165) is 41.0 Å². The lowest BCUT2D eigenvalue weighted by molar-refractivity contribution is -0.117. The van der Waals surface area contributed by atoms with Crippen LogP contribution in [0.2, 0.25) is 25.7 Å². The number of hydrogen-bond donors (Lipinski definition) is 1. The van der Waals surface area contributed by atoms with Gasteiger partial charge in [-0.3, -0.25) is 9.59 Å². The molecule has 0 radical (unpaired) electrons. The summed E-state index contributed by atoms with van der Waals surface area (Å²) in [6.45, 7) is 8.09. The number of carbonyl (C=O) groups is 1. The van der Waals surface area contributed by atoms with Crippen LogP contribution < -0.4 is 10.9 Å². The molecule has 0 atom stereocenters. The zero-order valence-corrected chi connectivity index (χ0v) is 19.6. The van der Waals surface area contributed by atoms with E-state index in [2.05, 4.69) is 25.0 Å². The zero-order valence-electron chi connectivity index (χ0n) is 18.6. The molecule has 0 unspecified atom stereocenters. The molecule has 8 heteroatoms. The first-order valence-electron chi connectivity index (χ1n) is 10.8. The van der Waals surface area contributed by atoms with Gasteiger partial charge in [-0.15, -0.1) is 0 Å². The van der Waals surface area contributed by atoms with Gasteiger partial charge in [-0.2, -0.15) is 0 Å². The maximum atomic E-state index is 12.2. The Morgan fingerprint density at radius 1 is 1.19 bits per heavy atom. The van der Waals surface area contributed by atoms with Crippen molar-refractivity contribution < 1.29 is 9.53 Å². The van der Waals surface area contributed by atoms with E-state index in [4.69, 9.17) is 9.72 Å². The number of carbonyl (C=O) groups excluding carboxylic acids is 1. The van der Waals surface area contributed by atoms with Crippen LogP contribution in [-0.4, -0.2) is 34.7 Å². The molecule has 1 aliphatic rings. The number of hydrogen-bond acceptors (Lipinski definition) is 4. The molecule has 1 fully saturated rings. The minimum Gasteiger partial charge on any atom is -0.361 e. The minimum atomic E-state index is -1.17. The lowest BCUT2D eigenvalue weighted by Crippen LogP contribution is -2.22. The number of fused-ring (bicyclic) bond motifs is 1. The summed E-state index contributed by atoms with van der Waals surface area (Å²) in [5.74, 6) is 0.711. The van der Waals surface area contributed by atoms with Crippen molar-refractivity contribution in [3.05, 3.63) is 47.0 Å². The van der Waals surface area contributed by atoms with Gasteiger partial charge >= 0.3 is 0 Å². The Morgan fingerprint density at radius 2 is 1.97 bits per heavy atom. The molecule has 1 saturated carbocycles. The normalized spacial score (nSPS) is 14.2. The van der Waals surface area contributed by atoms with Crippen LogP contribution in [0.1, 0.15) is 12.8 Å². The third-order valence-corrected chi connectivity index (χ3v) is 7.25. The van der Waals surface area contributed by atoms with Crippen LogP contribution in [0.5, 0.6) is 0 Å². The van der Waals surface area contributed by atoms with Crippen molar-refractivity contribution >= 4 is 30.8 Å². The molecule has 1 amide bonds. The zero-order chi connectivity index (χ0) is 22.2. The van der Waals surface area contributed by atoms with Crippen LogP contribution in [-0.2, 0) is 23.3 Å². The van der Waals surface area contributed by atoms with E-state index in [1.165, 1.54) is 0 Å². The molecule has 0 spiro atoms. The van der Waals surface area contributed by atoms with E-state index in [-0.39, 0.29) is 17.4 Å². The smallest absolute Gasteiger partial charge is 0.250 e. The molecular formula is C23H30N4O3Si. The number of aryl methyl sites for hydroxylation is 1. The molecule has 7 nitrogen and oxygen atoms in total. The summed E-state index contributed by atoms with van der Waals surface area (Å²) in [5.41, 5.74) is 2.62. The summed E-state index contributed by atoms with van der Waals surface area (Å²) in [7, 11) is 0.574. The predicted octanol–water partition coefficient (Wildman–Crippen LogP) is 4.06. The van der Waals surface area contributed by atoms with E-state index in [1.54, 1.807) is 17.7 Å². The Morgan fingerprint density at radius 3 is 2.65 bits per heavy atom. The highest BCUT2D eigenvalue weighted by molar-refractivity contribution is 6.76. The highest BCUT2D eigenvalue weighted by atomic mass is 28.3. The summed E-state index contributed by atoms with van der Waals surface area (Å²) in [6.07, 6.45) is 5.74. The second kappa shape index (κ2) is 8.43. The van der Waals surface area contributed by atoms with Gasteiger partial charge in [0.15, 0.2) is 0 Å². The van der Waals surface area contributed by atoms with Gasteiger partial charge in [-0.05, 0) is 37.1 Å². The van der Waals surface area contributed by atoms with Gasteiger partial charge in [0.1, 0.15) is 18.2 Å². The van der Waals surface area contributed by atoms with Crippen molar-refractivity contribution in [2.45, 2.75) is 45.3 Å². The Bertz CT molecular complexity index is 1170. The quantitative estimate of drug-likeness (QED) is 0.425. The first-order chi connectivity index (χ1) is 14.7. The molecule has 1 N–H and O–H groups in total. The second-order valence-corrected chi connectivity index (χ2v) is 15.2. The standard InChI is InChI=1S/C23H30N4O3Si/c1-26-13-17(7-10-21(26)28)19-14-27(15-30-11-12-31(2,3)4)22-18(19)8-9-20(24-22)25-23(29)16-5-6-16/h7-10,13-14,16H,5-6,11-12,15H2,1-4H3,(H,24,25,29). The molecule has 1 aliphatic carbocycles. The van der Waals surface area contributed by atoms with Gasteiger partial charge in [-0.25, -0.2) is 4.98 Å². The molecule has 0 aromatic carbocycles. The van der Waals surface area contributed by atoms with E-state index < -0.39 is 8.07 Å². The third-order valence-electron chi connectivity index (χ3n) is 5.55. The molecule has 0 bridgehead atoms. The fraction of sp³-hybridized carbons (Fsp3) is 0.435. The Balaban J connectivity index is 1.67. The number of amides is 1. The van der Waals surface area contributed by atoms with Gasteiger partial charge in [0.25, 0.3) is 0 Å². The molecule has 0 aliphatic heterocycles. The molecule has 4 rings (SSSR count). The van der Waals surface area contributed by atoms with Crippen LogP contribution in [0.15, 0.2) is 41.5 Å². The lowest BCUT2D eigenvalue weighted by Gasteiger charge is -2.15. The number of ether oxygens (including phenoxy) is 1. The van der Waals surface area contributed by atoms with Gasteiger partial charge in [-0.1, -0.05) is 19.6 Å². The van der Waals surface area contributed by atoms with E-state index in [1.807, 2.05) is 35.2 Å². The van der Waals surface area contributed by atoms with Crippen LogP contribution in [0.4, 0.5) is 5.82 Å². The SMILES string of the molecule is Cn1cc(-c2cn(COCC[Si](C)(C)C)c3nc(NC(=O)C4CC4)ccc23)ccc1=O. The summed E-state index contributed by atoms with van der Waals surface area (Å²) >= 11 is 0. The summed E-state index contributed by atoms with van der Waals surface area (Å²) in [4.78, 5) is 28.7. The van der Waals surface area contributed by atoms with E-state index >= 15 is 0 Å². The first-order valence-corrected chi connectivity index (χ1v) is 14.5. The lowest BCUT2D eigenvalue weighted by atomic mass is 10.1. The Hall–Kier alpha value is -2.71. The summed E-state index contributed by atoms with van der Waals surface area (Å²) in [6, 6.07) is 8.31. The molecule has 164 valence electrons. The highest BCUT2D eigenvalue weighted by Crippen LogP contribution is 2.32. The van der Waals surface area contributed by atoms with Crippen LogP contribution in [0, 0.1) is 5.92 Å². The molecule has 3 aromatic rings. The fourth-order valence-corrected chi connectivity index (χ4v) is 4.19. The van der Waals surface area contributed by atoms with Crippen LogP contribution in [0.3, 0.4) is 0 Å². The third kappa shape index (κ3) is 5.14. The highest BCUT2D eigenvalue weighted by Gasteiger charge is 2.30. The van der Waals surface area contributed by atoms with Gasteiger partial charge in [0.05, 0.1) is 0 Å². The first kappa shape index (κ1) is 21.5. The topological polar surface area (TPSA) is 78.2 Å². The molecular weight excluding hydrogens is 408 g/mol. The number of nitrogens with one attached hydrogen (secondary N) is 1. The van der Waals surface area contributed by atoms with Gasteiger partial charge in [0.2, 0.25) is 11.5 Å². The van der Waals surface area contributed by atoms with Gasteiger partial charge < -0.3 is 19.2 Å². The monoisotopic (exact) mass is 438 g/mol. The summed E-state index contributed by atoms with van der Waals surface area (Å²) < 4.78 is 9.53. The molecule has 3 aromatic heterocycles. The van der Waals surface area contributed by atoms with E-state index in [9.17, 15) is 9.59 Å². The van der Waals surface area contributed by atoms with Gasteiger partial charge in [0, 0.05) is 62.6 Å². The molecule has 31 heavy (non-hydrogen) atoms. The average molecular weight is 439 g/mol. The van der Waals surface area contributed by atoms with Crippen molar-refractivity contribution in [1.29, 1.82) is 0 Å². The van der Waals surface area contributed by atoms with Crippen LogP contribution >= 0.6 is 0 Å². The number of nitrogens with zero attached hydrogens (tertiary/aromatic N) is 3. The summed E-state index contributed by atoms with van der Waals surface area (Å²) in [5, 5.41) is 3.89. The van der Waals surface area contributed by atoms with Crippen LogP contribution in [0.25, 0.3) is 22.2 Å². The number of rotatable bonds is 8. The van der Waals surface area contributed by atoms with Crippen molar-refractivity contribution in [3.63, 3.8) is 0 Å².